The first kappa shape index (κ1) is 15.0. The first-order valence-corrected chi connectivity index (χ1v) is 7.35. The lowest BCUT2D eigenvalue weighted by molar-refractivity contribution is -0.123. The maximum Gasteiger partial charge on any atom is 0.234 e. The molecule has 2 rings (SSSR count). The second kappa shape index (κ2) is 8.02. The van der Waals surface area contributed by atoms with E-state index in [0.29, 0.717) is 13.1 Å². The minimum Gasteiger partial charge on any atom is -0.376 e. The Morgan fingerprint density at radius 3 is 2.85 bits per heavy atom. The lowest BCUT2D eigenvalue weighted by Crippen LogP contribution is -2.40. The Balaban J connectivity index is 1.65. The number of amides is 1. The summed E-state index contributed by atoms with van der Waals surface area (Å²) in [5.41, 5.74) is 1.22. The molecule has 0 aromatic heterocycles. The molecule has 0 bridgehead atoms. The molecular formula is C16H24N2O2. The van der Waals surface area contributed by atoms with Crippen molar-refractivity contribution in [3.8, 4) is 0 Å². The quantitative estimate of drug-likeness (QED) is 0.861. The molecule has 1 atom stereocenters. The monoisotopic (exact) mass is 276 g/mol. The van der Waals surface area contributed by atoms with Crippen molar-refractivity contribution in [3.63, 3.8) is 0 Å². The van der Waals surface area contributed by atoms with Crippen LogP contribution in [0.25, 0.3) is 0 Å². The summed E-state index contributed by atoms with van der Waals surface area (Å²) in [5.74, 6) is 0.0672. The number of nitrogens with one attached hydrogen (secondary N) is 1. The zero-order chi connectivity index (χ0) is 14.2. The molecule has 1 aromatic carbocycles. The van der Waals surface area contributed by atoms with Gasteiger partial charge < -0.3 is 10.1 Å². The molecule has 1 amide bonds. The Morgan fingerprint density at radius 2 is 2.15 bits per heavy atom. The van der Waals surface area contributed by atoms with Crippen LogP contribution in [0.3, 0.4) is 0 Å². The molecule has 1 fully saturated rings. The summed E-state index contributed by atoms with van der Waals surface area (Å²) in [6.07, 6.45) is 3.60. The number of rotatable bonds is 6. The van der Waals surface area contributed by atoms with Crippen molar-refractivity contribution in [2.75, 3.05) is 26.7 Å². The van der Waals surface area contributed by atoms with E-state index < -0.39 is 0 Å². The molecule has 1 aliphatic rings. The molecule has 4 nitrogen and oxygen atoms in total. The maximum atomic E-state index is 11.9. The zero-order valence-electron chi connectivity index (χ0n) is 12.2. The Hall–Kier alpha value is -1.39. The van der Waals surface area contributed by atoms with E-state index in [2.05, 4.69) is 17.4 Å². The number of benzene rings is 1. The van der Waals surface area contributed by atoms with Crippen LogP contribution in [0.1, 0.15) is 24.8 Å². The Morgan fingerprint density at radius 1 is 1.35 bits per heavy atom. The van der Waals surface area contributed by atoms with E-state index in [4.69, 9.17) is 4.74 Å². The molecule has 1 aliphatic heterocycles. The minimum absolute atomic E-state index is 0.0672. The highest BCUT2D eigenvalue weighted by Gasteiger charge is 2.15. The van der Waals surface area contributed by atoms with Crippen molar-refractivity contribution in [3.05, 3.63) is 35.9 Å². The molecule has 1 saturated heterocycles. The standard InChI is InChI=1S/C16H24N2O2/c1-18(12-14-7-3-2-4-8-14)13-16(19)17-11-15-9-5-6-10-20-15/h2-4,7-8,15H,5-6,9-13H2,1H3,(H,17,19)/t15-/m0/s1. The lowest BCUT2D eigenvalue weighted by atomic mass is 10.1. The third-order valence-corrected chi connectivity index (χ3v) is 3.51. The van der Waals surface area contributed by atoms with Crippen LogP contribution in [-0.2, 0) is 16.1 Å². The molecule has 20 heavy (non-hydrogen) atoms. The number of carbonyl (C=O) groups is 1. The number of carbonyl (C=O) groups excluding carboxylic acids is 1. The van der Waals surface area contributed by atoms with Gasteiger partial charge in [0, 0.05) is 19.7 Å². The largest absolute Gasteiger partial charge is 0.376 e. The van der Waals surface area contributed by atoms with Gasteiger partial charge in [0.1, 0.15) is 0 Å². The van der Waals surface area contributed by atoms with E-state index >= 15 is 0 Å². The number of nitrogens with zero attached hydrogens (tertiary/aromatic N) is 1. The third kappa shape index (κ3) is 5.31. The summed E-state index contributed by atoms with van der Waals surface area (Å²) in [5, 5.41) is 2.96. The Labute approximate surface area is 121 Å². The molecule has 0 radical (unpaired) electrons. The highest BCUT2D eigenvalue weighted by Crippen LogP contribution is 2.11. The molecular weight excluding hydrogens is 252 g/mol. The van der Waals surface area contributed by atoms with Gasteiger partial charge >= 0.3 is 0 Å². The van der Waals surface area contributed by atoms with Crippen LogP contribution >= 0.6 is 0 Å². The van der Waals surface area contributed by atoms with Crippen LogP contribution in [0, 0.1) is 0 Å². The van der Waals surface area contributed by atoms with Crippen molar-refractivity contribution in [1.29, 1.82) is 0 Å². The van der Waals surface area contributed by atoms with Gasteiger partial charge in [0.25, 0.3) is 0 Å². The van der Waals surface area contributed by atoms with Crippen molar-refractivity contribution in [2.45, 2.75) is 31.9 Å². The van der Waals surface area contributed by atoms with Crippen molar-refractivity contribution in [1.82, 2.24) is 10.2 Å². The highest BCUT2D eigenvalue weighted by atomic mass is 16.5. The van der Waals surface area contributed by atoms with Crippen molar-refractivity contribution >= 4 is 5.91 Å². The Bertz CT molecular complexity index is 402. The molecule has 0 saturated carbocycles. The van der Waals surface area contributed by atoms with E-state index in [1.807, 2.05) is 30.1 Å². The van der Waals surface area contributed by atoms with Gasteiger partial charge in [-0.15, -0.1) is 0 Å². The predicted octanol–water partition coefficient (Wildman–Crippen LogP) is 1.80. The van der Waals surface area contributed by atoms with Crippen LogP contribution in [0.4, 0.5) is 0 Å². The summed E-state index contributed by atoms with van der Waals surface area (Å²) >= 11 is 0. The molecule has 110 valence electrons. The van der Waals surface area contributed by atoms with E-state index in [1.54, 1.807) is 0 Å². The molecule has 0 aliphatic carbocycles. The maximum absolute atomic E-state index is 11.9. The van der Waals surface area contributed by atoms with Gasteiger partial charge in [-0.2, -0.15) is 0 Å². The van der Waals surface area contributed by atoms with Crippen molar-refractivity contribution < 1.29 is 9.53 Å². The number of likely N-dealkylation sites (N-methyl/N-ethyl adjacent to an activating group) is 1. The topological polar surface area (TPSA) is 41.6 Å². The van der Waals surface area contributed by atoms with Gasteiger partial charge in [0.2, 0.25) is 5.91 Å². The molecule has 4 heteroatoms. The van der Waals surface area contributed by atoms with E-state index in [-0.39, 0.29) is 12.0 Å². The fourth-order valence-electron chi connectivity index (χ4n) is 2.45. The normalized spacial score (nSPS) is 19.0. The molecule has 0 unspecified atom stereocenters. The third-order valence-electron chi connectivity index (χ3n) is 3.51. The molecule has 1 N–H and O–H groups in total. The first-order valence-electron chi connectivity index (χ1n) is 7.35. The van der Waals surface area contributed by atoms with Crippen molar-refractivity contribution in [2.24, 2.45) is 0 Å². The fourth-order valence-corrected chi connectivity index (χ4v) is 2.45. The second-order valence-electron chi connectivity index (χ2n) is 5.45. The first-order chi connectivity index (χ1) is 9.74. The summed E-state index contributed by atoms with van der Waals surface area (Å²) in [4.78, 5) is 13.9. The lowest BCUT2D eigenvalue weighted by Gasteiger charge is -2.23. The zero-order valence-corrected chi connectivity index (χ0v) is 12.2. The molecule has 1 aromatic rings. The van der Waals surface area contributed by atoms with Crippen LogP contribution in [0.15, 0.2) is 30.3 Å². The van der Waals surface area contributed by atoms with Gasteiger partial charge in [-0.25, -0.2) is 0 Å². The van der Waals surface area contributed by atoms with E-state index in [9.17, 15) is 4.79 Å². The van der Waals surface area contributed by atoms with Gasteiger partial charge in [0.15, 0.2) is 0 Å². The average Bonchev–Trinajstić information content (AvgIpc) is 2.47. The average molecular weight is 276 g/mol. The van der Waals surface area contributed by atoms with E-state index in [1.165, 1.54) is 12.0 Å². The summed E-state index contributed by atoms with van der Waals surface area (Å²) < 4.78 is 5.60. The van der Waals surface area contributed by atoms with Gasteiger partial charge in [-0.1, -0.05) is 30.3 Å². The number of hydrogen-bond donors (Lipinski definition) is 1. The van der Waals surface area contributed by atoms with Gasteiger partial charge in [0.05, 0.1) is 12.6 Å². The molecule has 1 heterocycles. The van der Waals surface area contributed by atoms with Crippen LogP contribution in [0.5, 0.6) is 0 Å². The summed E-state index contributed by atoms with van der Waals surface area (Å²) in [6, 6.07) is 10.2. The van der Waals surface area contributed by atoms with Crippen LogP contribution < -0.4 is 5.32 Å². The predicted molar refractivity (Wildman–Crippen MR) is 79.4 cm³/mol. The molecule has 0 spiro atoms. The number of ether oxygens (including phenoxy) is 1. The Kier molecular flexibility index (Phi) is 6.02. The van der Waals surface area contributed by atoms with Crippen LogP contribution in [-0.4, -0.2) is 43.7 Å². The number of hydrogen-bond acceptors (Lipinski definition) is 3. The van der Waals surface area contributed by atoms with Gasteiger partial charge in [-0.3, -0.25) is 9.69 Å². The SMILES string of the molecule is CN(CC(=O)NC[C@@H]1CCCCO1)Cc1ccccc1. The summed E-state index contributed by atoms with van der Waals surface area (Å²) in [7, 11) is 1.96. The van der Waals surface area contributed by atoms with E-state index in [0.717, 1.165) is 26.0 Å². The highest BCUT2D eigenvalue weighted by molar-refractivity contribution is 5.77. The van der Waals surface area contributed by atoms with Crippen LogP contribution in [0.2, 0.25) is 0 Å². The van der Waals surface area contributed by atoms with Gasteiger partial charge in [-0.05, 0) is 31.9 Å². The summed E-state index contributed by atoms with van der Waals surface area (Å²) in [6.45, 7) is 2.67. The second-order valence-corrected chi connectivity index (χ2v) is 5.45. The fraction of sp³-hybridized carbons (Fsp3) is 0.562. The minimum atomic E-state index is 0.0672. The smallest absolute Gasteiger partial charge is 0.234 e.